The molecule has 0 aromatic carbocycles. The lowest BCUT2D eigenvalue weighted by Crippen LogP contribution is -2.36. The summed E-state index contributed by atoms with van der Waals surface area (Å²) in [7, 11) is 2.14. The number of carbonyl (C=O) groups excluding carboxylic acids is 2. The van der Waals surface area contributed by atoms with Crippen molar-refractivity contribution in [2.75, 3.05) is 37.3 Å². The Hall–Kier alpha value is -3.14. The standard InChI is InChI=1S/C20H26N8O2/c1-27-6-4-14(5-7-27)23-16-9-17(21-10-12-2-3-12)28-18(25-16)13(11-22-28)8-15-19(29)26-20(30)24-15/h8-9,11-12,14,21H,2-7,10H2,1H3,(H,23,25)(H2,24,26,29,30)/b15-8-. The Balaban J connectivity index is 1.47. The Kier molecular flexibility index (Phi) is 4.78. The lowest BCUT2D eigenvalue weighted by Gasteiger charge is -2.29. The van der Waals surface area contributed by atoms with Gasteiger partial charge in [0.05, 0.1) is 6.20 Å². The fourth-order valence-electron chi connectivity index (χ4n) is 3.85. The molecule has 4 N–H and O–H groups in total. The number of hydrogen-bond donors (Lipinski definition) is 4. The molecule has 3 aliphatic rings. The average molecular weight is 410 g/mol. The van der Waals surface area contributed by atoms with E-state index in [1.165, 1.54) is 12.8 Å². The zero-order valence-electron chi connectivity index (χ0n) is 16.9. The number of aromatic nitrogens is 3. The molecule has 0 radical (unpaired) electrons. The summed E-state index contributed by atoms with van der Waals surface area (Å²) in [4.78, 5) is 30.5. The number of rotatable bonds is 6. The first-order valence-electron chi connectivity index (χ1n) is 10.5. The normalized spacial score (nSPS) is 21.8. The molecule has 3 amide bonds. The minimum Gasteiger partial charge on any atom is -0.370 e. The molecule has 30 heavy (non-hydrogen) atoms. The van der Waals surface area contributed by atoms with Crippen LogP contribution in [0.5, 0.6) is 0 Å². The average Bonchev–Trinajstić information content (AvgIpc) is 3.39. The SMILES string of the molecule is CN1CCC(Nc2cc(NCC3CC3)n3ncc(/C=C4\NC(=O)NC4=O)c3n2)CC1. The van der Waals surface area contributed by atoms with Crippen molar-refractivity contribution < 1.29 is 9.59 Å². The Bertz CT molecular complexity index is 1020. The van der Waals surface area contributed by atoms with Crippen molar-refractivity contribution in [2.24, 2.45) is 5.92 Å². The van der Waals surface area contributed by atoms with Crippen molar-refractivity contribution in [3.05, 3.63) is 23.5 Å². The predicted octanol–water partition coefficient (Wildman–Crippen LogP) is 1.24. The fourth-order valence-corrected chi connectivity index (χ4v) is 3.85. The molecule has 0 unspecified atom stereocenters. The summed E-state index contributed by atoms with van der Waals surface area (Å²) in [6, 6.07) is 1.85. The number of nitrogens with zero attached hydrogens (tertiary/aromatic N) is 4. The van der Waals surface area contributed by atoms with Crippen LogP contribution in [0.25, 0.3) is 11.7 Å². The number of hydrogen-bond acceptors (Lipinski definition) is 7. The number of amides is 3. The lowest BCUT2D eigenvalue weighted by atomic mass is 10.1. The second-order valence-electron chi connectivity index (χ2n) is 8.37. The van der Waals surface area contributed by atoms with E-state index in [1.807, 2.05) is 6.07 Å². The first kappa shape index (κ1) is 18.9. The molecular formula is C20H26N8O2. The molecule has 158 valence electrons. The molecule has 0 bridgehead atoms. The first-order valence-corrected chi connectivity index (χ1v) is 10.5. The van der Waals surface area contributed by atoms with Gasteiger partial charge >= 0.3 is 6.03 Å². The maximum Gasteiger partial charge on any atom is 0.326 e. The van der Waals surface area contributed by atoms with Crippen LogP contribution in [0.4, 0.5) is 16.4 Å². The Morgan fingerprint density at radius 1 is 1.20 bits per heavy atom. The molecule has 10 heteroatoms. The van der Waals surface area contributed by atoms with Crippen molar-refractivity contribution in [2.45, 2.75) is 31.7 Å². The van der Waals surface area contributed by atoms with Crippen molar-refractivity contribution in [1.29, 1.82) is 0 Å². The van der Waals surface area contributed by atoms with E-state index in [9.17, 15) is 9.59 Å². The van der Waals surface area contributed by atoms with Crippen molar-refractivity contribution in [1.82, 2.24) is 30.1 Å². The highest BCUT2D eigenvalue weighted by atomic mass is 16.2. The summed E-state index contributed by atoms with van der Waals surface area (Å²) < 4.78 is 1.75. The summed E-state index contributed by atoms with van der Waals surface area (Å²) >= 11 is 0. The van der Waals surface area contributed by atoms with Crippen molar-refractivity contribution in [3.63, 3.8) is 0 Å². The van der Waals surface area contributed by atoms with Gasteiger partial charge in [-0.2, -0.15) is 9.61 Å². The van der Waals surface area contributed by atoms with Crippen LogP contribution >= 0.6 is 0 Å². The predicted molar refractivity (Wildman–Crippen MR) is 113 cm³/mol. The van der Waals surface area contributed by atoms with Gasteiger partial charge in [-0.25, -0.2) is 9.78 Å². The fraction of sp³-hybridized carbons (Fsp3) is 0.500. The van der Waals surface area contributed by atoms with Gasteiger partial charge in [0.25, 0.3) is 5.91 Å². The van der Waals surface area contributed by atoms with Gasteiger partial charge in [-0.15, -0.1) is 0 Å². The number of imide groups is 1. The molecule has 3 fully saturated rings. The molecule has 2 aromatic heterocycles. The molecule has 2 saturated heterocycles. The van der Waals surface area contributed by atoms with E-state index in [4.69, 9.17) is 4.98 Å². The highest BCUT2D eigenvalue weighted by molar-refractivity contribution is 6.14. The molecule has 0 spiro atoms. The third-order valence-electron chi connectivity index (χ3n) is 5.86. The first-order chi connectivity index (χ1) is 14.5. The molecule has 1 aliphatic carbocycles. The van der Waals surface area contributed by atoms with E-state index in [0.29, 0.717) is 23.2 Å². The van der Waals surface area contributed by atoms with Gasteiger partial charge in [0.1, 0.15) is 17.3 Å². The van der Waals surface area contributed by atoms with Gasteiger partial charge in [0.2, 0.25) is 0 Å². The zero-order chi connectivity index (χ0) is 20.7. The molecule has 5 rings (SSSR count). The monoisotopic (exact) mass is 410 g/mol. The minimum absolute atomic E-state index is 0.192. The molecule has 0 atom stereocenters. The number of nitrogens with one attached hydrogen (secondary N) is 4. The van der Waals surface area contributed by atoms with E-state index in [1.54, 1.807) is 16.8 Å². The topological polar surface area (TPSA) is 116 Å². The molecule has 4 heterocycles. The smallest absolute Gasteiger partial charge is 0.326 e. The third kappa shape index (κ3) is 3.95. The number of piperidine rings is 1. The minimum atomic E-state index is -0.521. The maximum atomic E-state index is 11.9. The van der Waals surface area contributed by atoms with Gasteiger partial charge in [0.15, 0.2) is 5.65 Å². The molecular weight excluding hydrogens is 384 g/mol. The van der Waals surface area contributed by atoms with Crippen LogP contribution in [0.1, 0.15) is 31.2 Å². The van der Waals surface area contributed by atoms with Crippen LogP contribution in [0.2, 0.25) is 0 Å². The van der Waals surface area contributed by atoms with Crippen LogP contribution in [-0.2, 0) is 4.79 Å². The van der Waals surface area contributed by atoms with Gasteiger partial charge in [-0.3, -0.25) is 10.1 Å². The number of urea groups is 1. The van der Waals surface area contributed by atoms with Crippen LogP contribution in [0.3, 0.4) is 0 Å². The highest BCUT2D eigenvalue weighted by Crippen LogP contribution is 2.30. The molecule has 2 aliphatic heterocycles. The number of likely N-dealkylation sites (tertiary alicyclic amines) is 1. The van der Waals surface area contributed by atoms with Crippen molar-refractivity contribution >= 4 is 35.3 Å². The van der Waals surface area contributed by atoms with Crippen LogP contribution < -0.4 is 21.3 Å². The summed E-state index contributed by atoms with van der Waals surface area (Å²) in [5.41, 5.74) is 1.49. The molecule has 1 saturated carbocycles. The number of fused-ring (bicyclic) bond motifs is 1. The quantitative estimate of drug-likeness (QED) is 0.418. The number of carbonyl (C=O) groups is 2. The van der Waals surface area contributed by atoms with Crippen LogP contribution in [0.15, 0.2) is 18.0 Å². The van der Waals surface area contributed by atoms with E-state index in [2.05, 4.69) is 38.3 Å². The maximum absolute atomic E-state index is 11.9. The van der Waals surface area contributed by atoms with Gasteiger partial charge in [0, 0.05) is 24.2 Å². The highest BCUT2D eigenvalue weighted by Gasteiger charge is 2.25. The van der Waals surface area contributed by atoms with E-state index in [-0.39, 0.29) is 5.70 Å². The van der Waals surface area contributed by atoms with E-state index in [0.717, 1.165) is 44.1 Å². The van der Waals surface area contributed by atoms with E-state index < -0.39 is 11.9 Å². The zero-order valence-corrected chi connectivity index (χ0v) is 16.9. The van der Waals surface area contributed by atoms with E-state index >= 15 is 0 Å². The Morgan fingerprint density at radius 3 is 2.70 bits per heavy atom. The van der Waals surface area contributed by atoms with Gasteiger partial charge in [-0.05, 0) is 57.8 Å². The molecule has 10 nitrogen and oxygen atoms in total. The Labute approximate surface area is 174 Å². The van der Waals surface area contributed by atoms with Crippen LogP contribution in [-0.4, -0.2) is 64.2 Å². The molecule has 2 aromatic rings. The Morgan fingerprint density at radius 2 is 2.00 bits per heavy atom. The summed E-state index contributed by atoms with van der Waals surface area (Å²) in [5.74, 6) is 1.92. The summed E-state index contributed by atoms with van der Waals surface area (Å²) in [6.07, 6.45) is 7.92. The van der Waals surface area contributed by atoms with Gasteiger partial charge < -0.3 is 20.9 Å². The summed E-state index contributed by atoms with van der Waals surface area (Å²) in [5, 5.41) is 16.3. The van der Waals surface area contributed by atoms with Gasteiger partial charge in [-0.1, -0.05) is 0 Å². The summed E-state index contributed by atoms with van der Waals surface area (Å²) in [6.45, 7) is 3.03. The van der Waals surface area contributed by atoms with Crippen LogP contribution in [0, 0.1) is 5.92 Å². The largest absolute Gasteiger partial charge is 0.370 e. The third-order valence-corrected chi connectivity index (χ3v) is 5.86. The lowest BCUT2D eigenvalue weighted by molar-refractivity contribution is -0.115. The second kappa shape index (κ2) is 7.60. The van der Waals surface area contributed by atoms with Crippen molar-refractivity contribution in [3.8, 4) is 0 Å². The number of anilines is 2. The second-order valence-corrected chi connectivity index (χ2v) is 8.37.